The average Bonchev–Trinajstić information content (AvgIpc) is 3.52. The minimum atomic E-state index is -4.58. The highest BCUT2D eigenvalue weighted by Gasteiger charge is 2.45. The smallest absolute Gasteiger partial charge is 0.405 e. The van der Waals surface area contributed by atoms with Crippen molar-refractivity contribution in [2.45, 2.75) is 50.7 Å². The Balaban J connectivity index is 1.64. The molecule has 4 aromatic rings. The number of furan rings is 1. The van der Waals surface area contributed by atoms with Gasteiger partial charge in [0.15, 0.2) is 0 Å². The van der Waals surface area contributed by atoms with Crippen LogP contribution in [0.4, 0.5) is 13.2 Å². The van der Waals surface area contributed by atoms with Crippen LogP contribution in [0.25, 0.3) is 33.6 Å². The van der Waals surface area contributed by atoms with Gasteiger partial charge in [-0.05, 0) is 57.0 Å². The zero-order valence-corrected chi connectivity index (χ0v) is 23.6. The molecule has 2 unspecified atom stereocenters. The van der Waals surface area contributed by atoms with Crippen LogP contribution in [0.3, 0.4) is 0 Å². The van der Waals surface area contributed by atoms with Crippen molar-refractivity contribution in [2.75, 3.05) is 13.2 Å². The lowest BCUT2D eigenvalue weighted by Gasteiger charge is -2.33. The molecular weight excluding hydrogens is 555 g/mol. The summed E-state index contributed by atoms with van der Waals surface area (Å²) < 4.78 is 59.3. The van der Waals surface area contributed by atoms with Crippen molar-refractivity contribution in [2.24, 2.45) is 0 Å². The molecule has 1 aliphatic heterocycles. The van der Waals surface area contributed by atoms with E-state index in [0.29, 0.717) is 28.1 Å². The molecule has 2 aromatic heterocycles. The zero-order valence-electron chi connectivity index (χ0n) is 22.8. The highest BCUT2D eigenvalue weighted by atomic mass is 32.2. The van der Waals surface area contributed by atoms with E-state index < -0.39 is 40.8 Å². The fraction of sp³-hybridized carbons (Fsp3) is 0.333. The molecule has 2 atom stereocenters. The Labute approximate surface area is 238 Å². The van der Waals surface area contributed by atoms with Crippen molar-refractivity contribution in [1.82, 2.24) is 14.6 Å². The maximum atomic E-state index is 13.5. The van der Waals surface area contributed by atoms with Gasteiger partial charge in [0.2, 0.25) is 0 Å². The zero-order chi connectivity index (χ0) is 29.5. The van der Waals surface area contributed by atoms with Gasteiger partial charge in [0.1, 0.15) is 28.3 Å². The number of fused-ring (bicyclic) bond motifs is 2. The van der Waals surface area contributed by atoms with Gasteiger partial charge in [-0.1, -0.05) is 36.4 Å². The van der Waals surface area contributed by atoms with Gasteiger partial charge in [0.05, 0.1) is 18.3 Å². The number of hydrogen-bond acceptors (Lipinski definition) is 6. The van der Waals surface area contributed by atoms with Crippen molar-refractivity contribution in [3.05, 3.63) is 77.5 Å². The van der Waals surface area contributed by atoms with Crippen molar-refractivity contribution in [3.63, 3.8) is 0 Å². The van der Waals surface area contributed by atoms with Gasteiger partial charge in [-0.2, -0.15) is 13.2 Å². The number of amides is 1. The predicted molar refractivity (Wildman–Crippen MR) is 151 cm³/mol. The monoisotopic (exact) mass is 585 g/mol. The third kappa shape index (κ3) is 6.13. The first kappa shape index (κ1) is 29.1. The number of nitrogens with zero attached hydrogens (tertiary/aromatic N) is 2. The second kappa shape index (κ2) is 11.1. The average molecular weight is 586 g/mol. The number of nitrogens with one attached hydrogen (secondary N) is 1. The molecule has 0 spiro atoms. The van der Waals surface area contributed by atoms with E-state index in [1.54, 1.807) is 10.4 Å². The number of rotatable bonds is 7. The number of hydrogen-bond donors (Lipinski definition) is 2. The molecule has 0 saturated heterocycles. The number of alkyl halides is 3. The quantitative estimate of drug-likeness (QED) is 0.252. The Kier molecular flexibility index (Phi) is 7.90. The van der Waals surface area contributed by atoms with Gasteiger partial charge < -0.3 is 19.4 Å². The minimum absolute atomic E-state index is 0.178. The van der Waals surface area contributed by atoms with E-state index in [-0.39, 0.29) is 25.3 Å². The first-order valence-corrected chi connectivity index (χ1v) is 14.2. The van der Waals surface area contributed by atoms with E-state index in [1.807, 2.05) is 74.6 Å². The molecular formula is C30H30F3N3O4S. The summed E-state index contributed by atoms with van der Waals surface area (Å²) in [6.45, 7) is 4.03. The fourth-order valence-corrected chi connectivity index (χ4v) is 6.42. The molecule has 41 heavy (non-hydrogen) atoms. The molecule has 2 N–H and O–H groups in total. The number of aliphatic hydroxyl groups excluding tert-OH is 1. The van der Waals surface area contributed by atoms with Crippen molar-refractivity contribution in [1.29, 1.82) is 0 Å². The number of aliphatic hydroxyl groups is 1. The molecule has 0 radical (unpaired) electrons. The lowest BCUT2D eigenvalue weighted by molar-refractivity contribution is -0.123. The molecule has 0 aliphatic carbocycles. The van der Waals surface area contributed by atoms with Crippen molar-refractivity contribution >= 4 is 28.2 Å². The van der Waals surface area contributed by atoms with Gasteiger partial charge in [-0.3, -0.25) is 4.79 Å². The summed E-state index contributed by atoms with van der Waals surface area (Å²) in [7, 11) is 0. The summed E-state index contributed by atoms with van der Waals surface area (Å²) in [4.78, 5) is 17.4. The third-order valence-corrected chi connectivity index (χ3v) is 8.68. The number of pyridine rings is 1. The predicted octanol–water partition coefficient (Wildman–Crippen LogP) is 6.16. The topological polar surface area (TPSA) is 102 Å². The molecule has 1 aliphatic rings. The maximum absolute atomic E-state index is 13.5. The summed E-state index contributed by atoms with van der Waals surface area (Å²) in [6, 6.07) is 17.8. The molecule has 216 valence electrons. The van der Waals surface area contributed by atoms with E-state index in [1.165, 1.54) is 6.07 Å². The SMILES string of the molecule is CC(C)(C)[S+]([O-])N1Cc2cc(C(=O)NCC(F)(F)F)nc(-c3cccc(-c4cc5ccccc5o4)c3)c2C1CCO. The van der Waals surface area contributed by atoms with Gasteiger partial charge in [-0.25, -0.2) is 4.98 Å². The highest BCUT2D eigenvalue weighted by molar-refractivity contribution is 7.90. The summed E-state index contributed by atoms with van der Waals surface area (Å²) in [5.41, 5.74) is 3.58. The van der Waals surface area contributed by atoms with Crippen LogP contribution in [-0.2, 0) is 17.9 Å². The number of para-hydroxylation sites is 1. The first-order valence-electron chi connectivity index (χ1n) is 13.1. The molecule has 3 heterocycles. The lowest BCUT2D eigenvalue weighted by Crippen LogP contribution is -2.42. The second-order valence-electron chi connectivity index (χ2n) is 10.9. The third-order valence-electron chi connectivity index (χ3n) is 6.82. The minimum Gasteiger partial charge on any atom is -0.597 e. The van der Waals surface area contributed by atoms with Crippen LogP contribution < -0.4 is 5.32 Å². The van der Waals surface area contributed by atoms with Gasteiger partial charge >= 0.3 is 6.18 Å². The summed E-state index contributed by atoms with van der Waals surface area (Å²) >= 11 is -1.48. The van der Waals surface area contributed by atoms with Gasteiger partial charge in [0.25, 0.3) is 5.91 Å². The van der Waals surface area contributed by atoms with E-state index >= 15 is 0 Å². The van der Waals surface area contributed by atoms with Crippen LogP contribution in [0, 0.1) is 0 Å². The lowest BCUT2D eigenvalue weighted by atomic mass is 9.95. The molecule has 5 rings (SSSR count). The van der Waals surface area contributed by atoms with E-state index in [0.717, 1.165) is 16.5 Å². The highest BCUT2D eigenvalue weighted by Crippen LogP contribution is 2.45. The summed E-state index contributed by atoms with van der Waals surface area (Å²) in [5.74, 6) is -0.347. The van der Waals surface area contributed by atoms with Gasteiger partial charge in [-0.15, -0.1) is 4.31 Å². The maximum Gasteiger partial charge on any atom is 0.405 e. The molecule has 0 fully saturated rings. The van der Waals surface area contributed by atoms with Crippen LogP contribution in [0.1, 0.15) is 54.8 Å². The molecule has 2 aromatic carbocycles. The molecule has 11 heteroatoms. The number of halogens is 3. The molecule has 0 bridgehead atoms. The second-order valence-corrected chi connectivity index (χ2v) is 13.1. The van der Waals surface area contributed by atoms with E-state index in [2.05, 4.69) is 4.98 Å². The Morgan fingerprint density at radius 1 is 1.12 bits per heavy atom. The number of carbonyl (C=O) groups is 1. The fourth-order valence-electron chi connectivity index (χ4n) is 5.02. The van der Waals surface area contributed by atoms with E-state index in [9.17, 15) is 27.6 Å². The standard InChI is InChI=1S/C30H30F3N3O4S/c1-29(2,3)41(39)36-16-21-14-22(28(38)34-17-30(31,32)33)35-27(26(21)23(36)11-12-37)20-9-6-8-18(13-20)25-15-19-7-4-5-10-24(19)40-25/h4-10,13-15,23,37H,11-12,16-17H2,1-3H3,(H,34,38). The number of carbonyl (C=O) groups excluding carboxylic acids is 1. The normalized spacial score (nSPS) is 16.6. The molecule has 0 saturated carbocycles. The molecule has 1 amide bonds. The Bertz CT molecular complexity index is 1550. The van der Waals surface area contributed by atoms with Crippen LogP contribution in [-0.4, -0.2) is 48.9 Å². The van der Waals surface area contributed by atoms with Gasteiger partial charge in [0, 0.05) is 40.0 Å². The number of aromatic nitrogens is 1. The van der Waals surface area contributed by atoms with Crippen LogP contribution in [0.5, 0.6) is 0 Å². The first-order chi connectivity index (χ1) is 19.4. The van der Waals surface area contributed by atoms with Crippen LogP contribution in [0.2, 0.25) is 0 Å². The largest absolute Gasteiger partial charge is 0.597 e. The van der Waals surface area contributed by atoms with Crippen molar-refractivity contribution in [3.8, 4) is 22.6 Å². The van der Waals surface area contributed by atoms with Crippen LogP contribution in [0.15, 0.2) is 65.1 Å². The van der Waals surface area contributed by atoms with Crippen molar-refractivity contribution < 1.29 is 32.0 Å². The Morgan fingerprint density at radius 3 is 2.54 bits per heavy atom. The van der Waals surface area contributed by atoms with E-state index in [4.69, 9.17) is 4.42 Å². The Hall–Kier alpha value is -3.38. The molecule has 7 nitrogen and oxygen atoms in total. The summed E-state index contributed by atoms with van der Waals surface area (Å²) in [5, 5.41) is 12.8. The number of benzene rings is 2. The Morgan fingerprint density at radius 2 is 1.85 bits per heavy atom. The summed E-state index contributed by atoms with van der Waals surface area (Å²) in [6.07, 6.45) is -4.32. The van der Waals surface area contributed by atoms with Crippen LogP contribution >= 0.6 is 0 Å².